The highest BCUT2D eigenvalue weighted by Gasteiger charge is 2.11. The number of amides is 1. The number of fused-ring (bicyclic) bond motifs is 1. The lowest BCUT2D eigenvalue weighted by Gasteiger charge is -2.05. The number of pyridine rings is 2. The zero-order valence-electron chi connectivity index (χ0n) is 10.3. The average Bonchev–Trinajstić information content (AvgIpc) is 2.88. The van der Waals surface area contributed by atoms with Gasteiger partial charge in [-0.1, -0.05) is 17.7 Å². The van der Waals surface area contributed by atoms with Crippen LogP contribution < -0.4 is 5.32 Å². The molecule has 0 aliphatic carbocycles. The first-order valence-electron chi connectivity index (χ1n) is 5.92. The lowest BCUT2D eigenvalue weighted by atomic mass is 10.2. The monoisotopic (exact) mass is 287 g/mol. The molecule has 1 amide bonds. The maximum atomic E-state index is 12.0. The molecule has 0 spiro atoms. The van der Waals surface area contributed by atoms with Crippen LogP contribution in [0.1, 0.15) is 16.2 Å². The van der Waals surface area contributed by atoms with Crippen molar-refractivity contribution in [2.45, 2.75) is 6.54 Å². The number of hydrogen-bond acceptors (Lipinski definition) is 4. The second-order valence-corrected chi connectivity index (χ2v) is 4.49. The summed E-state index contributed by atoms with van der Waals surface area (Å²) >= 11 is 5.92. The predicted octanol–water partition coefficient (Wildman–Crippen LogP) is 1.71. The van der Waals surface area contributed by atoms with Crippen LogP contribution in [0.15, 0.2) is 42.9 Å². The van der Waals surface area contributed by atoms with Gasteiger partial charge < -0.3 is 5.32 Å². The van der Waals surface area contributed by atoms with E-state index in [4.69, 9.17) is 11.6 Å². The molecule has 0 radical (unpaired) electrons. The van der Waals surface area contributed by atoms with Crippen molar-refractivity contribution in [3.63, 3.8) is 0 Å². The van der Waals surface area contributed by atoms with Gasteiger partial charge in [-0.05, 0) is 18.2 Å². The van der Waals surface area contributed by atoms with Crippen molar-refractivity contribution >= 4 is 23.2 Å². The minimum Gasteiger partial charge on any atom is -0.345 e. The quantitative estimate of drug-likeness (QED) is 0.796. The van der Waals surface area contributed by atoms with Gasteiger partial charge >= 0.3 is 0 Å². The molecule has 3 rings (SSSR count). The van der Waals surface area contributed by atoms with E-state index in [1.807, 2.05) is 28.8 Å². The van der Waals surface area contributed by atoms with Crippen molar-refractivity contribution in [1.82, 2.24) is 24.9 Å². The summed E-state index contributed by atoms with van der Waals surface area (Å²) in [5, 5.41) is 11.1. The van der Waals surface area contributed by atoms with E-state index in [0.29, 0.717) is 16.4 Å². The van der Waals surface area contributed by atoms with Crippen LogP contribution in [-0.2, 0) is 6.54 Å². The molecule has 0 bridgehead atoms. The van der Waals surface area contributed by atoms with Crippen LogP contribution in [0, 0.1) is 0 Å². The molecule has 0 aliphatic heterocycles. The van der Waals surface area contributed by atoms with Gasteiger partial charge in [-0.2, -0.15) is 0 Å². The summed E-state index contributed by atoms with van der Waals surface area (Å²) in [6.07, 6.45) is 4.80. The number of nitrogens with one attached hydrogen (secondary N) is 1. The summed E-state index contributed by atoms with van der Waals surface area (Å²) in [6, 6.07) is 7.17. The van der Waals surface area contributed by atoms with E-state index in [1.54, 1.807) is 6.07 Å². The predicted molar refractivity (Wildman–Crippen MR) is 73.4 cm³/mol. The largest absolute Gasteiger partial charge is 0.345 e. The van der Waals surface area contributed by atoms with Gasteiger partial charge in [-0.15, -0.1) is 10.2 Å². The average molecular weight is 288 g/mol. The summed E-state index contributed by atoms with van der Waals surface area (Å²) in [5.74, 6) is 0.379. The first-order chi connectivity index (χ1) is 9.75. The summed E-state index contributed by atoms with van der Waals surface area (Å²) < 4.78 is 1.81. The first kappa shape index (κ1) is 12.6. The van der Waals surface area contributed by atoms with Crippen LogP contribution >= 0.6 is 11.6 Å². The molecule has 100 valence electrons. The fourth-order valence-corrected chi connectivity index (χ4v) is 2.03. The highest BCUT2D eigenvalue weighted by Crippen LogP contribution is 2.13. The molecule has 3 aromatic rings. The van der Waals surface area contributed by atoms with Crippen LogP contribution in [0.2, 0.25) is 5.02 Å². The summed E-state index contributed by atoms with van der Waals surface area (Å²) in [4.78, 5) is 15.9. The summed E-state index contributed by atoms with van der Waals surface area (Å²) in [5.41, 5.74) is 1.12. The fourth-order valence-electron chi connectivity index (χ4n) is 1.83. The molecule has 0 unspecified atom stereocenters. The molecule has 0 aromatic carbocycles. The van der Waals surface area contributed by atoms with Crippen LogP contribution in [0.5, 0.6) is 0 Å². The zero-order valence-corrected chi connectivity index (χ0v) is 11.1. The molecule has 6 nitrogen and oxygen atoms in total. The van der Waals surface area contributed by atoms with Gasteiger partial charge in [0.1, 0.15) is 0 Å². The minimum absolute atomic E-state index is 0.267. The van der Waals surface area contributed by atoms with Crippen LogP contribution in [0.25, 0.3) is 5.65 Å². The number of carbonyl (C=O) groups is 1. The highest BCUT2D eigenvalue weighted by atomic mass is 35.5. The summed E-state index contributed by atoms with van der Waals surface area (Å²) in [7, 11) is 0. The topological polar surface area (TPSA) is 72.2 Å². The maximum absolute atomic E-state index is 12.0. The van der Waals surface area contributed by atoms with E-state index in [9.17, 15) is 4.79 Å². The third kappa shape index (κ3) is 2.33. The lowest BCUT2D eigenvalue weighted by molar-refractivity contribution is 0.0950. The summed E-state index contributed by atoms with van der Waals surface area (Å²) in [6.45, 7) is 0.267. The smallest absolute Gasteiger partial charge is 0.253 e. The number of carbonyl (C=O) groups excluding carboxylic acids is 1. The highest BCUT2D eigenvalue weighted by molar-refractivity contribution is 6.33. The number of aromatic nitrogens is 4. The van der Waals surface area contributed by atoms with E-state index >= 15 is 0 Å². The van der Waals surface area contributed by atoms with Crippen molar-refractivity contribution in [3.8, 4) is 0 Å². The third-order valence-corrected chi connectivity index (χ3v) is 3.11. The first-order valence-corrected chi connectivity index (χ1v) is 6.30. The molecule has 0 saturated heterocycles. The normalized spacial score (nSPS) is 10.7. The SMILES string of the molecule is O=C(NCc1nnc2ccccn12)c1ccncc1Cl. The Hall–Kier alpha value is -2.47. The zero-order chi connectivity index (χ0) is 13.9. The van der Waals surface area contributed by atoms with E-state index in [1.165, 1.54) is 12.4 Å². The number of hydrogen-bond donors (Lipinski definition) is 1. The molecule has 0 aliphatic rings. The Morgan fingerprint density at radius 1 is 1.30 bits per heavy atom. The molecule has 20 heavy (non-hydrogen) atoms. The molecule has 7 heteroatoms. The van der Waals surface area contributed by atoms with E-state index < -0.39 is 0 Å². The van der Waals surface area contributed by atoms with Gasteiger partial charge in [0.25, 0.3) is 5.91 Å². The minimum atomic E-state index is -0.273. The van der Waals surface area contributed by atoms with Gasteiger partial charge in [-0.25, -0.2) is 0 Å². The Morgan fingerprint density at radius 3 is 3.05 bits per heavy atom. The van der Waals surface area contributed by atoms with Crippen molar-refractivity contribution in [2.24, 2.45) is 0 Å². The van der Waals surface area contributed by atoms with Gasteiger partial charge in [0.2, 0.25) is 0 Å². The molecule has 3 heterocycles. The van der Waals surface area contributed by atoms with Crippen LogP contribution in [0.4, 0.5) is 0 Å². The lowest BCUT2D eigenvalue weighted by Crippen LogP contribution is -2.24. The van der Waals surface area contributed by atoms with Crippen LogP contribution in [-0.4, -0.2) is 25.5 Å². The van der Waals surface area contributed by atoms with E-state index in [2.05, 4.69) is 20.5 Å². The molecule has 1 N–H and O–H groups in total. The van der Waals surface area contributed by atoms with Gasteiger partial charge in [0.15, 0.2) is 11.5 Å². The molecule has 0 fully saturated rings. The van der Waals surface area contributed by atoms with Crippen LogP contribution in [0.3, 0.4) is 0 Å². The second-order valence-electron chi connectivity index (χ2n) is 4.08. The van der Waals surface area contributed by atoms with Gasteiger partial charge in [0.05, 0.1) is 17.1 Å². The Balaban J connectivity index is 1.77. The Kier molecular flexibility index (Phi) is 3.30. The second kappa shape index (κ2) is 5.26. The van der Waals surface area contributed by atoms with Crippen molar-refractivity contribution in [3.05, 3.63) is 59.3 Å². The van der Waals surface area contributed by atoms with Crippen molar-refractivity contribution in [2.75, 3.05) is 0 Å². The maximum Gasteiger partial charge on any atom is 0.253 e. The number of nitrogens with zero attached hydrogens (tertiary/aromatic N) is 4. The Labute approximate surface area is 119 Å². The molecular weight excluding hydrogens is 278 g/mol. The number of halogens is 1. The molecule has 0 atom stereocenters. The Morgan fingerprint density at radius 2 is 2.20 bits per heavy atom. The van der Waals surface area contributed by atoms with E-state index in [-0.39, 0.29) is 12.5 Å². The third-order valence-electron chi connectivity index (χ3n) is 2.81. The van der Waals surface area contributed by atoms with E-state index in [0.717, 1.165) is 5.65 Å². The molecule has 0 saturated carbocycles. The van der Waals surface area contributed by atoms with Crippen molar-refractivity contribution in [1.29, 1.82) is 0 Å². The van der Waals surface area contributed by atoms with Crippen molar-refractivity contribution < 1.29 is 4.79 Å². The molecule has 3 aromatic heterocycles. The fraction of sp³-hybridized carbons (Fsp3) is 0.0769. The van der Waals surface area contributed by atoms with Gasteiger partial charge in [-0.3, -0.25) is 14.2 Å². The standard InChI is InChI=1S/C13H10ClN5O/c14-10-7-15-5-4-9(10)13(20)16-8-12-18-17-11-3-1-2-6-19(11)12/h1-7H,8H2,(H,16,20). The molecular formula is C13H10ClN5O. The van der Waals surface area contributed by atoms with Gasteiger partial charge in [0, 0.05) is 18.6 Å². The Bertz CT molecular complexity index is 770. The number of rotatable bonds is 3.